The lowest BCUT2D eigenvalue weighted by Gasteiger charge is -2.10. The average Bonchev–Trinajstić information content (AvgIpc) is 2.86. The molecule has 0 aliphatic heterocycles. The number of aromatic nitrogens is 2. The maximum absolute atomic E-state index is 12.1. The van der Waals surface area contributed by atoms with Crippen LogP contribution in [0.4, 0.5) is 5.69 Å². The molecule has 1 aromatic heterocycles. The Balaban J connectivity index is 2.32. The highest BCUT2D eigenvalue weighted by molar-refractivity contribution is 9.10. The summed E-state index contributed by atoms with van der Waals surface area (Å²) >= 11 is 3.29. The third-order valence-electron chi connectivity index (χ3n) is 2.58. The number of carbonyl (C=O) groups excluding carboxylic acids is 1. The Morgan fingerprint density at radius 1 is 1.55 bits per heavy atom. The van der Waals surface area contributed by atoms with E-state index in [1.54, 1.807) is 31.4 Å². The molecule has 0 fully saturated rings. The van der Waals surface area contributed by atoms with E-state index >= 15 is 0 Å². The summed E-state index contributed by atoms with van der Waals surface area (Å²) in [7, 11) is 1.72. The SMILES string of the molecule is Cn1cc(C(=O)Nc2ccc(Br)cc2/C(N)=N/O)cn1. The van der Waals surface area contributed by atoms with Crippen LogP contribution < -0.4 is 11.1 Å². The Morgan fingerprint density at radius 2 is 2.30 bits per heavy atom. The fraction of sp³-hybridized carbons (Fsp3) is 0.0833. The predicted molar refractivity (Wildman–Crippen MR) is 77.8 cm³/mol. The number of aryl methyl sites for hydroxylation is 1. The summed E-state index contributed by atoms with van der Waals surface area (Å²) in [4.78, 5) is 12.1. The van der Waals surface area contributed by atoms with Gasteiger partial charge in [0.05, 0.1) is 17.4 Å². The number of carbonyl (C=O) groups is 1. The molecule has 0 bridgehead atoms. The molecule has 104 valence electrons. The first-order valence-electron chi connectivity index (χ1n) is 5.58. The number of halogens is 1. The van der Waals surface area contributed by atoms with Gasteiger partial charge in [-0.25, -0.2) is 0 Å². The Bertz CT molecular complexity index is 680. The largest absolute Gasteiger partial charge is 0.409 e. The molecule has 0 aliphatic carbocycles. The van der Waals surface area contributed by atoms with Crippen molar-refractivity contribution >= 4 is 33.4 Å². The molecule has 1 heterocycles. The van der Waals surface area contributed by atoms with Crippen LogP contribution in [0.5, 0.6) is 0 Å². The van der Waals surface area contributed by atoms with E-state index in [-0.39, 0.29) is 11.7 Å². The second-order valence-corrected chi connectivity index (χ2v) is 4.95. The Hall–Kier alpha value is -2.35. The van der Waals surface area contributed by atoms with Crippen LogP contribution in [0.3, 0.4) is 0 Å². The smallest absolute Gasteiger partial charge is 0.258 e. The zero-order valence-corrected chi connectivity index (χ0v) is 12.1. The lowest BCUT2D eigenvalue weighted by molar-refractivity contribution is 0.102. The van der Waals surface area contributed by atoms with E-state index in [9.17, 15) is 4.79 Å². The van der Waals surface area contributed by atoms with Crippen molar-refractivity contribution in [1.82, 2.24) is 9.78 Å². The van der Waals surface area contributed by atoms with E-state index in [2.05, 4.69) is 31.5 Å². The Kier molecular flexibility index (Phi) is 4.04. The maximum Gasteiger partial charge on any atom is 0.258 e. The van der Waals surface area contributed by atoms with Crippen molar-refractivity contribution < 1.29 is 10.0 Å². The first-order chi connectivity index (χ1) is 9.51. The van der Waals surface area contributed by atoms with Crippen molar-refractivity contribution in [2.75, 3.05) is 5.32 Å². The van der Waals surface area contributed by atoms with Crippen molar-refractivity contribution in [3.05, 3.63) is 46.2 Å². The molecule has 0 saturated carbocycles. The van der Waals surface area contributed by atoms with Gasteiger partial charge >= 0.3 is 0 Å². The van der Waals surface area contributed by atoms with Gasteiger partial charge in [0, 0.05) is 23.3 Å². The number of anilines is 1. The number of oxime groups is 1. The van der Waals surface area contributed by atoms with Gasteiger partial charge in [0.15, 0.2) is 5.84 Å². The number of hydrogen-bond acceptors (Lipinski definition) is 4. The fourth-order valence-electron chi connectivity index (χ4n) is 1.62. The highest BCUT2D eigenvalue weighted by Gasteiger charge is 2.13. The van der Waals surface area contributed by atoms with Crippen LogP contribution in [-0.2, 0) is 7.05 Å². The van der Waals surface area contributed by atoms with Gasteiger partial charge in [0.25, 0.3) is 5.91 Å². The highest BCUT2D eigenvalue weighted by atomic mass is 79.9. The van der Waals surface area contributed by atoms with Gasteiger partial charge in [-0.15, -0.1) is 0 Å². The van der Waals surface area contributed by atoms with E-state index in [1.165, 1.54) is 10.9 Å². The molecule has 2 rings (SSSR count). The fourth-order valence-corrected chi connectivity index (χ4v) is 1.99. The second-order valence-electron chi connectivity index (χ2n) is 4.03. The number of nitrogens with zero attached hydrogens (tertiary/aromatic N) is 3. The van der Waals surface area contributed by atoms with Crippen LogP contribution >= 0.6 is 15.9 Å². The summed E-state index contributed by atoms with van der Waals surface area (Å²) in [5.41, 5.74) is 6.87. The molecule has 0 saturated heterocycles. The molecule has 20 heavy (non-hydrogen) atoms. The van der Waals surface area contributed by atoms with Crippen molar-refractivity contribution in [2.24, 2.45) is 17.9 Å². The Morgan fingerprint density at radius 3 is 2.90 bits per heavy atom. The molecule has 0 spiro atoms. The molecule has 0 radical (unpaired) electrons. The summed E-state index contributed by atoms with van der Waals surface area (Å²) in [5, 5.41) is 18.4. The molecule has 7 nitrogen and oxygen atoms in total. The third kappa shape index (κ3) is 2.97. The van der Waals surface area contributed by atoms with Crippen LogP contribution in [0.1, 0.15) is 15.9 Å². The predicted octanol–water partition coefficient (Wildman–Crippen LogP) is 1.53. The quantitative estimate of drug-likeness (QED) is 0.341. The lowest BCUT2D eigenvalue weighted by Crippen LogP contribution is -2.19. The average molecular weight is 338 g/mol. The highest BCUT2D eigenvalue weighted by Crippen LogP contribution is 2.21. The van der Waals surface area contributed by atoms with Crippen LogP contribution in [0, 0.1) is 0 Å². The van der Waals surface area contributed by atoms with Gasteiger partial charge in [-0.2, -0.15) is 5.10 Å². The van der Waals surface area contributed by atoms with Crippen LogP contribution in [-0.4, -0.2) is 26.7 Å². The normalized spacial score (nSPS) is 11.4. The van der Waals surface area contributed by atoms with Crippen LogP contribution in [0.25, 0.3) is 0 Å². The minimum atomic E-state index is -0.326. The van der Waals surface area contributed by atoms with Crippen molar-refractivity contribution in [1.29, 1.82) is 0 Å². The second kappa shape index (κ2) is 5.74. The van der Waals surface area contributed by atoms with Gasteiger partial charge in [-0.1, -0.05) is 21.1 Å². The summed E-state index contributed by atoms with van der Waals surface area (Å²) in [5.74, 6) is -0.416. The number of amidine groups is 1. The van der Waals surface area contributed by atoms with Crippen molar-refractivity contribution in [2.45, 2.75) is 0 Å². The zero-order valence-electron chi connectivity index (χ0n) is 10.5. The van der Waals surface area contributed by atoms with Gasteiger partial charge < -0.3 is 16.3 Å². The maximum atomic E-state index is 12.1. The number of nitrogens with one attached hydrogen (secondary N) is 1. The van der Waals surface area contributed by atoms with Gasteiger partial charge in [0.2, 0.25) is 0 Å². The first kappa shape index (κ1) is 14.1. The summed E-state index contributed by atoms with van der Waals surface area (Å²) in [6, 6.07) is 5.05. The number of nitrogens with two attached hydrogens (primary N) is 1. The third-order valence-corrected chi connectivity index (χ3v) is 3.07. The summed E-state index contributed by atoms with van der Waals surface area (Å²) in [6.07, 6.45) is 3.05. The molecule has 0 atom stereocenters. The molecular weight excluding hydrogens is 326 g/mol. The number of hydrogen-bond donors (Lipinski definition) is 3. The molecule has 1 amide bonds. The zero-order chi connectivity index (χ0) is 14.7. The van der Waals surface area contributed by atoms with E-state index in [1.807, 2.05) is 0 Å². The number of benzene rings is 1. The van der Waals surface area contributed by atoms with E-state index < -0.39 is 0 Å². The number of rotatable bonds is 3. The topological polar surface area (TPSA) is 106 Å². The minimum Gasteiger partial charge on any atom is -0.409 e. The Labute approximate surface area is 123 Å². The van der Waals surface area contributed by atoms with E-state index in [4.69, 9.17) is 10.9 Å². The summed E-state index contributed by atoms with van der Waals surface area (Å²) < 4.78 is 2.28. The monoisotopic (exact) mass is 337 g/mol. The van der Waals surface area contributed by atoms with Crippen molar-refractivity contribution in [3.8, 4) is 0 Å². The minimum absolute atomic E-state index is 0.0900. The standard InChI is InChI=1S/C12H12BrN5O2/c1-18-6-7(5-15-18)12(19)16-10-3-2-8(13)4-9(10)11(14)17-20/h2-6,20H,1H3,(H2,14,17)(H,16,19). The van der Waals surface area contributed by atoms with Gasteiger partial charge in [0.1, 0.15) is 0 Å². The number of amides is 1. The lowest BCUT2D eigenvalue weighted by atomic mass is 10.1. The van der Waals surface area contributed by atoms with Crippen LogP contribution in [0.15, 0.2) is 40.2 Å². The van der Waals surface area contributed by atoms with Crippen molar-refractivity contribution in [3.63, 3.8) is 0 Å². The van der Waals surface area contributed by atoms with Gasteiger partial charge in [-0.05, 0) is 18.2 Å². The van der Waals surface area contributed by atoms with Gasteiger partial charge in [-0.3, -0.25) is 9.48 Å². The molecular formula is C12H12BrN5O2. The molecule has 1 aromatic carbocycles. The van der Waals surface area contributed by atoms with E-state index in [0.29, 0.717) is 16.8 Å². The molecule has 0 aliphatic rings. The van der Waals surface area contributed by atoms with Crippen LogP contribution in [0.2, 0.25) is 0 Å². The van der Waals surface area contributed by atoms with E-state index in [0.717, 1.165) is 4.47 Å². The molecule has 8 heteroatoms. The molecule has 2 aromatic rings. The molecule has 0 unspecified atom stereocenters. The summed E-state index contributed by atoms with van der Waals surface area (Å²) in [6.45, 7) is 0. The first-order valence-corrected chi connectivity index (χ1v) is 6.38. The molecule has 4 N–H and O–H groups in total.